The molecular formula is C15H24N2O2. The van der Waals surface area contributed by atoms with Crippen molar-refractivity contribution in [3.8, 4) is 5.75 Å². The minimum absolute atomic E-state index is 0.186. The van der Waals surface area contributed by atoms with Crippen molar-refractivity contribution >= 4 is 0 Å². The summed E-state index contributed by atoms with van der Waals surface area (Å²) in [4.78, 5) is 2.43. The van der Waals surface area contributed by atoms with Gasteiger partial charge < -0.3 is 14.8 Å². The van der Waals surface area contributed by atoms with E-state index in [1.165, 1.54) is 5.56 Å². The zero-order valence-corrected chi connectivity index (χ0v) is 12.1. The zero-order chi connectivity index (χ0) is 13.7. The average Bonchev–Trinajstić information content (AvgIpc) is 2.48. The van der Waals surface area contributed by atoms with Gasteiger partial charge in [-0.1, -0.05) is 19.1 Å². The van der Waals surface area contributed by atoms with E-state index in [4.69, 9.17) is 9.47 Å². The fourth-order valence-electron chi connectivity index (χ4n) is 2.62. The molecular weight excluding hydrogens is 240 g/mol. The topological polar surface area (TPSA) is 33.7 Å². The van der Waals surface area contributed by atoms with Gasteiger partial charge in [-0.15, -0.1) is 0 Å². The van der Waals surface area contributed by atoms with Crippen molar-refractivity contribution in [1.82, 2.24) is 10.2 Å². The summed E-state index contributed by atoms with van der Waals surface area (Å²) in [5.74, 6) is 0.890. The highest BCUT2D eigenvalue weighted by molar-refractivity contribution is 5.31. The number of methoxy groups -OCH3 is 1. The zero-order valence-electron chi connectivity index (χ0n) is 12.1. The maximum Gasteiger partial charge on any atom is 0.119 e. The van der Waals surface area contributed by atoms with Crippen molar-refractivity contribution in [1.29, 1.82) is 0 Å². The third-order valence-electron chi connectivity index (χ3n) is 3.76. The number of hydrogen-bond acceptors (Lipinski definition) is 4. The molecule has 1 N–H and O–H groups in total. The summed E-state index contributed by atoms with van der Waals surface area (Å²) >= 11 is 0. The van der Waals surface area contributed by atoms with Crippen LogP contribution in [0, 0.1) is 0 Å². The number of morpholine rings is 1. The molecule has 0 saturated carbocycles. The van der Waals surface area contributed by atoms with E-state index in [2.05, 4.69) is 29.3 Å². The predicted molar refractivity (Wildman–Crippen MR) is 76.6 cm³/mol. The standard InChI is InChI=1S/C15H24N2O2/c1-4-17-8-9-19-14(11-17)15(16-2)12-6-5-7-13(10-12)18-3/h5-7,10,14-16H,4,8-9,11H2,1-3H3. The van der Waals surface area contributed by atoms with E-state index in [1.54, 1.807) is 7.11 Å². The third-order valence-corrected chi connectivity index (χ3v) is 3.76. The van der Waals surface area contributed by atoms with Crippen LogP contribution in [0.4, 0.5) is 0 Å². The first-order valence-corrected chi connectivity index (χ1v) is 6.93. The van der Waals surface area contributed by atoms with Crippen LogP contribution >= 0.6 is 0 Å². The maximum atomic E-state index is 5.95. The molecule has 1 saturated heterocycles. The van der Waals surface area contributed by atoms with Crippen molar-refractivity contribution in [2.45, 2.75) is 19.1 Å². The molecule has 1 fully saturated rings. The predicted octanol–water partition coefficient (Wildman–Crippen LogP) is 1.68. The molecule has 1 aromatic carbocycles. The lowest BCUT2D eigenvalue weighted by atomic mass is 10.00. The van der Waals surface area contributed by atoms with Gasteiger partial charge in [-0.05, 0) is 31.3 Å². The van der Waals surface area contributed by atoms with Crippen molar-refractivity contribution < 1.29 is 9.47 Å². The lowest BCUT2D eigenvalue weighted by molar-refractivity contribution is -0.0444. The van der Waals surface area contributed by atoms with Crippen LogP contribution in [0.15, 0.2) is 24.3 Å². The van der Waals surface area contributed by atoms with Gasteiger partial charge in [0.15, 0.2) is 0 Å². The van der Waals surface area contributed by atoms with Gasteiger partial charge in [0.2, 0.25) is 0 Å². The molecule has 1 aliphatic heterocycles. The first-order valence-electron chi connectivity index (χ1n) is 6.93. The van der Waals surface area contributed by atoms with E-state index in [0.717, 1.165) is 32.0 Å². The Morgan fingerprint density at radius 2 is 2.37 bits per heavy atom. The highest BCUT2D eigenvalue weighted by Gasteiger charge is 2.27. The summed E-state index contributed by atoms with van der Waals surface area (Å²) in [6, 6.07) is 8.40. The van der Waals surface area contributed by atoms with E-state index in [-0.39, 0.29) is 12.1 Å². The second-order valence-corrected chi connectivity index (χ2v) is 4.85. The second-order valence-electron chi connectivity index (χ2n) is 4.85. The summed E-state index contributed by atoms with van der Waals surface area (Å²) in [5, 5.41) is 3.38. The monoisotopic (exact) mass is 264 g/mol. The van der Waals surface area contributed by atoms with E-state index in [1.807, 2.05) is 19.2 Å². The Balaban J connectivity index is 2.13. The number of hydrogen-bond donors (Lipinski definition) is 1. The highest BCUT2D eigenvalue weighted by atomic mass is 16.5. The SMILES string of the molecule is CCN1CCOC(C(NC)c2cccc(OC)c2)C1. The maximum absolute atomic E-state index is 5.95. The summed E-state index contributed by atoms with van der Waals surface area (Å²) in [6.45, 7) is 6.08. The van der Waals surface area contributed by atoms with Gasteiger partial charge in [0, 0.05) is 13.1 Å². The van der Waals surface area contributed by atoms with Gasteiger partial charge in [-0.25, -0.2) is 0 Å². The molecule has 4 nitrogen and oxygen atoms in total. The molecule has 4 heteroatoms. The molecule has 106 valence electrons. The molecule has 19 heavy (non-hydrogen) atoms. The van der Waals surface area contributed by atoms with Crippen LogP contribution in [0.5, 0.6) is 5.75 Å². The van der Waals surface area contributed by atoms with Crippen molar-refractivity contribution in [2.75, 3.05) is 40.4 Å². The number of likely N-dealkylation sites (N-methyl/N-ethyl adjacent to an activating group) is 2. The molecule has 2 rings (SSSR count). The number of ether oxygens (including phenoxy) is 2. The Bertz CT molecular complexity index is 397. The molecule has 1 aliphatic rings. The molecule has 0 spiro atoms. The molecule has 1 heterocycles. The Morgan fingerprint density at radius 3 is 3.05 bits per heavy atom. The first-order chi connectivity index (χ1) is 9.28. The van der Waals surface area contributed by atoms with Crippen LogP contribution in [0.3, 0.4) is 0 Å². The average molecular weight is 264 g/mol. The molecule has 0 aromatic heterocycles. The molecule has 2 unspecified atom stereocenters. The smallest absolute Gasteiger partial charge is 0.119 e. The van der Waals surface area contributed by atoms with Gasteiger partial charge in [0.25, 0.3) is 0 Å². The summed E-state index contributed by atoms with van der Waals surface area (Å²) < 4.78 is 11.2. The van der Waals surface area contributed by atoms with Crippen molar-refractivity contribution in [3.05, 3.63) is 29.8 Å². The quantitative estimate of drug-likeness (QED) is 0.877. The molecule has 0 bridgehead atoms. The van der Waals surface area contributed by atoms with Crippen molar-refractivity contribution in [2.24, 2.45) is 0 Å². The highest BCUT2D eigenvalue weighted by Crippen LogP contribution is 2.25. The van der Waals surface area contributed by atoms with Crippen molar-refractivity contribution in [3.63, 3.8) is 0 Å². The second kappa shape index (κ2) is 6.89. The summed E-state index contributed by atoms with van der Waals surface area (Å²) in [6.07, 6.45) is 0.186. The molecule has 0 amide bonds. The third kappa shape index (κ3) is 3.47. The Labute approximate surface area is 115 Å². The van der Waals surface area contributed by atoms with E-state index >= 15 is 0 Å². The molecule has 2 atom stereocenters. The minimum Gasteiger partial charge on any atom is -0.497 e. The lowest BCUT2D eigenvalue weighted by Gasteiger charge is -2.36. The fourth-order valence-corrected chi connectivity index (χ4v) is 2.62. The Kier molecular flexibility index (Phi) is 5.19. The largest absolute Gasteiger partial charge is 0.497 e. The van der Waals surface area contributed by atoms with Gasteiger partial charge in [-0.3, -0.25) is 4.90 Å². The lowest BCUT2D eigenvalue weighted by Crippen LogP contribution is -2.47. The van der Waals surface area contributed by atoms with Crippen LogP contribution in [0.25, 0.3) is 0 Å². The van der Waals surface area contributed by atoms with Gasteiger partial charge >= 0.3 is 0 Å². The first kappa shape index (κ1) is 14.3. The molecule has 0 aliphatic carbocycles. The van der Waals surface area contributed by atoms with Crippen LogP contribution in [0.1, 0.15) is 18.5 Å². The minimum atomic E-state index is 0.186. The Hall–Kier alpha value is -1.10. The van der Waals surface area contributed by atoms with Crippen LogP contribution in [-0.4, -0.2) is 51.4 Å². The van der Waals surface area contributed by atoms with Crippen LogP contribution in [0.2, 0.25) is 0 Å². The van der Waals surface area contributed by atoms with E-state index in [9.17, 15) is 0 Å². The fraction of sp³-hybridized carbons (Fsp3) is 0.600. The number of benzene rings is 1. The van der Waals surface area contributed by atoms with Crippen LogP contribution < -0.4 is 10.1 Å². The summed E-state index contributed by atoms with van der Waals surface area (Å²) in [5.41, 5.74) is 1.21. The number of nitrogens with one attached hydrogen (secondary N) is 1. The normalized spacial score (nSPS) is 22.2. The number of rotatable bonds is 5. The Morgan fingerprint density at radius 1 is 1.53 bits per heavy atom. The van der Waals surface area contributed by atoms with Crippen LogP contribution in [-0.2, 0) is 4.74 Å². The van der Waals surface area contributed by atoms with E-state index < -0.39 is 0 Å². The van der Waals surface area contributed by atoms with Gasteiger partial charge in [-0.2, -0.15) is 0 Å². The van der Waals surface area contributed by atoms with Gasteiger partial charge in [0.05, 0.1) is 25.9 Å². The van der Waals surface area contributed by atoms with E-state index in [0.29, 0.717) is 0 Å². The molecule has 0 radical (unpaired) electrons. The summed E-state index contributed by atoms with van der Waals surface area (Å²) in [7, 11) is 3.68. The van der Waals surface area contributed by atoms with Gasteiger partial charge in [0.1, 0.15) is 5.75 Å². The molecule has 1 aromatic rings. The number of nitrogens with zero attached hydrogens (tertiary/aromatic N) is 1.